The first-order chi connectivity index (χ1) is 18.3. The third-order valence-corrected chi connectivity index (χ3v) is 9.84. The van der Waals surface area contributed by atoms with Gasteiger partial charge in [0.2, 0.25) is 0 Å². The lowest BCUT2D eigenvalue weighted by atomic mass is 9.94. The van der Waals surface area contributed by atoms with E-state index in [-0.39, 0.29) is 17.7 Å². The Hall–Kier alpha value is -3.39. The number of unbranched alkanes of at least 4 members (excludes halogenated alkanes) is 1. The number of rotatable bonds is 11. The van der Waals surface area contributed by atoms with Crippen molar-refractivity contribution in [1.29, 1.82) is 5.26 Å². The molecule has 1 aliphatic carbocycles. The molecule has 0 aromatic heterocycles. The molecule has 0 bridgehead atoms. The maximum Gasteiger partial charge on any atom is 0.265 e. The van der Waals surface area contributed by atoms with Gasteiger partial charge in [0.1, 0.15) is 11.5 Å². The van der Waals surface area contributed by atoms with Gasteiger partial charge in [0.05, 0.1) is 30.3 Å². The number of hydrogen-bond acceptors (Lipinski definition) is 8. The highest BCUT2D eigenvalue weighted by Gasteiger charge is 2.53. The van der Waals surface area contributed by atoms with Crippen LogP contribution < -0.4 is 15.0 Å². The Morgan fingerprint density at radius 1 is 1.13 bits per heavy atom. The molecule has 2 fully saturated rings. The first-order valence-electron chi connectivity index (χ1n) is 12.8. The molecule has 2 aliphatic rings. The molecule has 1 amide bonds. The van der Waals surface area contributed by atoms with Crippen molar-refractivity contribution >= 4 is 21.3 Å². The van der Waals surface area contributed by atoms with Crippen molar-refractivity contribution in [2.75, 3.05) is 26.8 Å². The van der Waals surface area contributed by atoms with Gasteiger partial charge in [-0.15, -0.1) is 0 Å². The van der Waals surface area contributed by atoms with Gasteiger partial charge in [-0.3, -0.25) is 10.0 Å². The van der Waals surface area contributed by atoms with E-state index in [1.807, 2.05) is 30.3 Å². The monoisotopic (exact) mass is 539 g/mol. The second-order valence-electron chi connectivity index (χ2n) is 9.63. The molecule has 0 radical (unpaired) electrons. The minimum absolute atomic E-state index is 0.0226. The molecule has 0 atom stereocenters. The second kappa shape index (κ2) is 12.0. The van der Waals surface area contributed by atoms with E-state index in [4.69, 9.17) is 9.47 Å². The molecule has 9 nitrogen and oxygen atoms in total. The van der Waals surface area contributed by atoms with Crippen LogP contribution in [-0.2, 0) is 14.6 Å². The van der Waals surface area contributed by atoms with Gasteiger partial charge >= 0.3 is 0 Å². The fourth-order valence-electron chi connectivity index (χ4n) is 4.87. The van der Waals surface area contributed by atoms with Crippen LogP contribution in [0.5, 0.6) is 11.5 Å². The molecule has 10 heteroatoms. The summed E-state index contributed by atoms with van der Waals surface area (Å²) in [6.07, 6.45) is 5.63. The first-order valence-corrected chi connectivity index (χ1v) is 14.2. The van der Waals surface area contributed by atoms with E-state index in [1.54, 1.807) is 24.7 Å². The van der Waals surface area contributed by atoms with Gasteiger partial charge in [-0.25, -0.2) is 13.9 Å². The molecule has 1 heterocycles. The highest BCUT2D eigenvalue weighted by atomic mass is 32.2. The average molecular weight is 540 g/mol. The number of hydroxylamine groups is 1. The Morgan fingerprint density at radius 3 is 2.32 bits per heavy atom. The van der Waals surface area contributed by atoms with Crippen LogP contribution in [0, 0.1) is 11.3 Å². The Morgan fingerprint density at radius 2 is 1.76 bits per heavy atom. The molecule has 4 rings (SSSR count). The van der Waals surface area contributed by atoms with Gasteiger partial charge in [0.25, 0.3) is 5.91 Å². The van der Waals surface area contributed by atoms with Crippen molar-refractivity contribution in [3.05, 3.63) is 60.2 Å². The van der Waals surface area contributed by atoms with Gasteiger partial charge < -0.3 is 14.4 Å². The second-order valence-corrected chi connectivity index (χ2v) is 11.9. The number of allylic oxidation sites excluding steroid dienone is 2. The molecule has 202 valence electrons. The number of piperidine rings is 1. The van der Waals surface area contributed by atoms with Crippen LogP contribution in [0.4, 0.5) is 0 Å². The lowest BCUT2D eigenvalue weighted by molar-refractivity contribution is -0.133. The summed E-state index contributed by atoms with van der Waals surface area (Å²) in [5.74, 6) is 0.351. The topological polar surface area (TPSA) is 129 Å². The number of sulfone groups is 1. The molecule has 2 N–H and O–H groups in total. The zero-order valence-corrected chi connectivity index (χ0v) is 22.2. The van der Waals surface area contributed by atoms with Gasteiger partial charge in [0.15, 0.2) is 14.6 Å². The van der Waals surface area contributed by atoms with E-state index in [0.717, 1.165) is 24.2 Å². The summed E-state index contributed by atoms with van der Waals surface area (Å²) in [5.41, 5.74) is 2.99. The molecule has 1 aliphatic heterocycles. The third-order valence-electron chi connectivity index (χ3n) is 7.32. The van der Waals surface area contributed by atoms with Crippen LogP contribution >= 0.6 is 0 Å². The van der Waals surface area contributed by atoms with Crippen LogP contribution in [0.15, 0.2) is 59.5 Å². The third kappa shape index (κ3) is 5.85. The molecule has 2 aromatic carbocycles. The number of carbonyl (C=O) groups is 1. The van der Waals surface area contributed by atoms with Gasteiger partial charge in [-0.1, -0.05) is 6.08 Å². The summed E-state index contributed by atoms with van der Waals surface area (Å²) in [5, 5.41) is 18.8. The molecular weight excluding hydrogens is 506 g/mol. The van der Waals surface area contributed by atoms with Crippen molar-refractivity contribution < 1.29 is 27.9 Å². The van der Waals surface area contributed by atoms with Crippen LogP contribution in [0.2, 0.25) is 0 Å². The van der Waals surface area contributed by atoms with Crippen LogP contribution in [-0.4, -0.2) is 62.0 Å². The number of amides is 1. The number of nitrogens with zero attached hydrogens (tertiary/aromatic N) is 2. The molecule has 0 unspecified atom stereocenters. The number of hydrogen-bond donors (Lipinski definition) is 2. The quantitative estimate of drug-likeness (QED) is 0.191. The Bertz CT molecular complexity index is 1290. The van der Waals surface area contributed by atoms with Crippen molar-refractivity contribution in [2.24, 2.45) is 0 Å². The van der Waals surface area contributed by atoms with E-state index in [0.29, 0.717) is 49.9 Å². The first kappa shape index (κ1) is 27.6. The van der Waals surface area contributed by atoms with Gasteiger partial charge in [-0.05, 0) is 92.6 Å². The summed E-state index contributed by atoms with van der Waals surface area (Å²) in [7, 11) is -2.46. The summed E-state index contributed by atoms with van der Waals surface area (Å²) in [6.45, 7) is 1.38. The highest BCUT2D eigenvalue weighted by molar-refractivity contribution is 7.93. The number of nitrogens with one attached hydrogen (secondary N) is 1. The van der Waals surface area contributed by atoms with Gasteiger partial charge in [0, 0.05) is 19.1 Å². The Labute approximate surface area is 223 Å². The van der Waals surface area contributed by atoms with E-state index >= 15 is 0 Å². The highest BCUT2D eigenvalue weighted by Crippen LogP contribution is 2.39. The van der Waals surface area contributed by atoms with Crippen molar-refractivity contribution in [1.82, 2.24) is 10.4 Å². The summed E-state index contributed by atoms with van der Waals surface area (Å²) < 4.78 is 36.4. The molecule has 1 saturated carbocycles. The summed E-state index contributed by atoms with van der Waals surface area (Å²) in [4.78, 5) is 14.9. The van der Waals surface area contributed by atoms with Crippen molar-refractivity contribution in [3.63, 3.8) is 0 Å². The maximum absolute atomic E-state index is 13.6. The number of ether oxygens (including phenoxy) is 2. The van der Waals surface area contributed by atoms with E-state index in [1.165, 1.54) is 12.1 Å². The van der Waals surface area contributed by atoms with E-state index in [2.05, 4.69) is 11.0 Å². The zero-order valence-electron chi connectivity index (χ0n) is 21.4. The van der Waals surface area contributed by atoms with Crippen LogP contribution in [0.1, 0.15) is 44.1 Å². The lowest BCUT2D eigenvalue weighted by Crippen LogP contribution is -2.58. The molecular formula is C28H33N3O6S. The van der Waals surface area contributed by atoms with E-state index < -0.39 is 20.5 Å². The normalized spacial score (nSPS) is 17.9. The molecule has 1 saturated heterocycles. The lowest BCUT2D eigenvalue weighted by Gasteiger charge is -2.39. The predicted molar refractivity (Wildman–Crippen MR) is 141 cm³/mol. The smallest absolute Gasteiger partial charge is 0.265 e. The van der Waals surface area contributed by atoms with Crippen LogP contribution in [0.25, 0.3) is 5.57 Å². The maximum atomic E-state index is 13.6. The minimum Gasteiger partial charge on any atom is -0.497 e. The van der Waals surface area contributed by atoms with Crippen molar-refractivity contribution in [3.8, 4) is 17.6 Å². The Kier molecular flexibility index (Phi) is 8.72. The van der Waals surface area contributed by atoms with Crippen molar-refractivity contribution in [2.45, 2.75) is 54.2 Å². The predicted octanol–water partition coefficient (Wildman–Crippen LogP) is 3.74. The van der Waals surface area contributed by atoms with E-state index in [9.17, 15) is 23.7 Å². The largest absolute Gasteiger partial charge is 0.497 e. The number of carbonyl (C=O) groups excluding carboxylic acids is 1. The summed E-state index contributed by atoms with van der Waals surface area (Å²) in [6, 6.07) is 16.0. The molecule has 2 aromatic rings. The number of methoxy groups -OCH3 is 1. The van der Waals surface area contributed by atoms with Crippen LogP contribution in [0.3, 0.4) is 0 Å². The number of benzene rings is 2. The molecule has 38 heavy (non-hydrogen) atoms. The Balaban J connectivity index is 1.34. The number of likely N-dealkylation sites (tertiary alicyclic amines) is 1. The fraction of sp³-hybridized carbons (Fsp3) is 0.429. The number of nitriles is 1. The zero-order chi connectivity index (χ0) is 27.2. The SMILES string of the molecule is COc1ccc(C(C#N)=CCCCOc2ccc(S(=O)(=O)C3(C(=O)NO)CCN(C4CC4)CC3)cc2)cc1. The fourth-order valence-corrected chi connectivity index (χ4v) is 6.82. The average Bonchev–Trinajstić information content (AvgIpc) is 3.80. The minimum atomic E-state index is -4.05. The standard InChI is InChI=1S/C28H33N3O6S/c1-36-24-9-5-21(6-10-24)22(20-29)4-2-3-19-37-25-11-13-26(14-12-25)38(34,35)28(27(32)30-33)15-17-31(18-16-28)23-7-8-23/h4-6,9-14,23,33H,2-3,7-8,15-19H2,1H3,(H,30,32). The summed E-state index contributed by atoms with van der Waals surface area (Å²) >= 11 is 0. The van der Waals surface area contributed by atoms with Gasteiger partial charge in [-0.2, -0.15) is 5.26 Å². The molecule has 0 spiro atoms.